The van der Waals surface area contributed by atoms with Crippen LogP contribution in [0.3, 0.4) is 0 Å². The van der Waals surface area contributed by atoms with E-state index in [1.807, 2.05) is 0 Å². The highest BCUT2D eigenvalue weighted by atomic mass is 16.5. The zero-order chi connectivity index (χ0) is 10.8. The van der Waals surface area contributed by atoms with Crippen molar-refractivity contribution in [1.82, 2.24) is 4.90 Å². The summed E-state index contributed by atoms with van der Waals surface area (Å²) in [7, 11) is 0. The largest absolute Gasteiger partial charge is 0.380 e. The quantitative estimate of drug-likeness (QED) is 0.749. The molecule has 2 aliphatic heterocycles. The molecule has 1 saturated heterocycles. The first-order valence-electron chi connectivity index (χ1n) is 6.00. The van der Waals surface area contributed by atoms with Gasteiger partial charge >= 0.3 is 0 Å². The molecule has 2 heterocycles. The maximum Gasteiger partial charge on any atom is 0.0622 e. The Labute approximate surface area is 96.5 Å². The van der Waals surface area contributed by atoms with Crippen LogP contribution in [-0.2, 0) is 4.74 Å². The number of hydrogen-bond acceptors (Lipinski definition) is 2. The van der Waals surface area contributed by atoms with Crippen molar-refractivity contribution in [2.75, 3.05) is 26.3 Å². The van der Waals surface area contributed by atoms with Crippen molar-refractivity contribution in [2.24, 2.45) is 0 Å². The van der Waals surface area contributed by atoms with Gasteiger partial charge in [-0.05, 0) is 17.6 Å². The van der Waals surface area contributed by atoms with Gasteiger partial charge in [-0.1, -0.05) is 36.4 Å². The maximum atomic E-state index is 5.45. The van der Waals surface area contributed by atoms with E-state index in [0.29, 0.717) is 6.04 Å². The first-order valence-corrected chi connectivity index (χ1v) is 6.00. The molecule has 16 heavy (non-hydrogen) atoms. The van der Waals surface area contributed by atoms with E-state index in [-0.39, 0.29) is 0 Å². The second-order valence-corrected chi connectivity index (χ2v) is 4.54. The van der Waals surface area contributed by atoms with Crippen LogP contribution in [0, 0.1) is 0 Å². The molecule has 1 aromatic carbocycles. The van der Waals surface area contributed by atoms with Crippen molar-refractivity contribution in [3.8, 4) is 0 Å². The number of hydrogen-bond donors (Lipinski definition) is 0. The number of ether oxygens (including phenoxy) is 1. The van der Waals surface area contributed by atoms with Crippen molar-refractivity contribution in [3.63, 3.8) is 0 Å². The Morgan fingerprint density at radius 2 is 2.06 bits per heavy atom. The maximum absolute atomic E-state index is 5.45. The zero-order valence-electron chi connectivity index (χ0n) is 9.43. The third-order valence-corrected chi connectivity index (χ3v) is 3.51. The minimum absolute atomic E-state index is 0.637. The first kappa shape index (κ1) is 10.1. The van der Waals surface area contributed by atoms with E-state index in [9.17, 15) is 0 Å². The van der Waals surface area contributed by atoms with Crippen LogP contribution >= 0.6 is 0 Å². The molecule has 1 aromatic rings. The molecule has 0 unspecified atom stereocenters. The lowest BCUT2D eigenvalue weighted by Gasteiger charge is -2.22. The second kappa shape index (κ2) is 4.40. The smallest absolute Gasteiger partial charge is 0.0622 e. The van der Waals surface area contributed by atoms with Crippen LogP contribution in [0.1, 0.15) is 12.0 Å². The van der Waals surface area contributed by atoms with Crippen molar-refractivity contribution >= 4 is 5.57 Å². The molecule has 0 aromatic heterocycles. The molecule has 3 rings (SSSR count). The fourth-order valence-corrected chi connectivity index (χ4v) is 2.52. The van der Waals surface area contributed by atoms with E-state index in [1.165, 1.54) is 17.6 Å². The summed E-state index contributed by atoms with van der Waals surface area (Å²) in [5.41, 5.74) is 2.83. The lowest BCUT2D eigenvalue weighted by molar-refractivity contribution is 0.162. The van der Waals surface area contributed by atoms with Gasteiger partial charge in [-0.15, -0.1) is 0 Å². The molecular formula is C14H17NO. The monoisotopic (exact) mass is 215 g/mol. The molecule has 0 radical (unpaired) electrons. The van der Waals surface area contributed by atoms with Gasteiger partial charge in [-0.2, -0.15) is 0 Å². The van der Waals surface area contributed by atoms with Gasteiger partial charge < -0.3 is 4.74 Å². The molecule has 1 atom stereocenters. The summed E-state index contributed by atoms with van der Waals surface area (Å²) in [5.74, 6) is 0. The average molecular weight is 215 g/mol. The van der Waals surface area contributed by atoms with Gasteiger partial charge in [0.25, 0.3) is 0 Å². The third kappa shape index (κ3) is 1.91. The van der Waals surface area contributed by atoms with Crippen LogP contribution in [0.15, 0.2) is 36.4 Å². The van der Waals surface area contributed by atoms with Gasteiger partial charge in [0.2, 0.25) is 0 Å². The van der Waals surface area contributed by atoms with Gasteiger partial charge in [0.05, 0.1) is 6.61 Å². The zero-order valence-corrected chi connectivity index (χ0v) is 9.43. The normalized spacial score (nSPS) is 26.0. The van der Waals surface area contributed by atoms with Gasteiger partial charge in [-0.3, -0.25) is 4.90 Å². The van der Waals surface area contributed by atoms with Gasteiger partial charge in [0.1, 0.15) is 0 Å². The fraction of sp³-hybridized carbons (Fsp3) is 0.429. The van der Waals surface area contributed by atoms with E-state index in [1.54, 1.807) is 0 Å². The van der Waals surface area contributed by atoms with Crippen LogP contribution in [0.5, 0.6) is 0 Å². The van der Waals surface area contributed by atoms with Gasteiger partial charge in [0.15, 0.2) is 0 Å². The van der Waals surface area contributed by atoms with Crippen LogP contribution < -0.4 is 0 Å². The predicted molar refractivity (Wildman–Crippen MR) is 65.2 cm³/mol. The minimum Gasteiger partial charge on any atom is -0.380 e. The predicted octanol–water partition coefficient (Wildman–Crippen LogP) is 2.17. The summed E-state index contributed by atoms with van der Waals surface area (Å²) < 4.78 is 5.45. The van der Waals surface area contributed by atoms with E-state index >= 15 is 0 Å². The Balaban J connectivity index is 1.68. The van der Waals surface area contributed by atoms with E-state index < -0.39 is 0 Å². The van der Waals surface area contributed by atoms with E-state index in [2.05, 4.69) is 41.3 Å². The highest BCUT2D eigenvalue weighted by Crippen LogP contribution is 2.24. The number of benzene rings is 1. The molecule has 2 nitrogen and oxygen atoms in total. The Morgan fingerprint density at radius 1 is 1.19 bits per heavy atom. The molecule has 0 spiro atoms. The average Bonchev–Trinajstić information content (AvgIpc) is 3.01. The Kier molecular flexibility index (Phi) is 2.77. The topological polar surface area (TPSA) is 12.5 Å². The lowest BCUT2D eigenvalue weighted by atomic mass is 10.1. The molecule has 0 saturated carbocycles. The van der Waals surface area contributed by atoms with Gasteiger partial charge in [0, 0.05) is 25.7 Å². The summed E-state index contributed by atoms with van der Waals surface area (Å²) in [6.45, 7) is 4.01. The van der Waals surface area contributed by atoms with E-state index in [0.717, 1.165) is 26.3 Å². The summed E-state index contributed by atoms with van der Waals surface area (Å²) in [5, 5.41) is 0. The molecule has 84 valence electrons. The fourth-order valence-electron chi connectivity index (χ4n) is 2.52. The second-order valence-electron chi connectivity index (χ2n) is 4.54. The molecule has 1 fully saturated rings. The molecular weight excluding hydrogens is 198 g/mol. The minimum atomic E-state index is 0.637. The molecule has 0 bridgehead atoms. The van der Waals surface area contributed by atoms with Crippen molar-refractivity contribution in [2.45, 2.75) is 12.5 Å². The van der Waals surface area contributed by atoms with E-state index in [4.69, 9.17) is 4.74 Å². The third-order valence-electron chi connectivity index (χ3n) is 3.51. The lowest BCUT2D eigenvalue weighted by Crippen LogP contribution is -2.33. The molecule has 0 N–H and O–H groups in total. The van der Waals surface area contributed by atoms with Crippen LogP contribution in [0.4, 0.5) is 0 Å². The molecule has 2 aliphatic rings. The highest BCUT2D eigenvalue weighted by molar-refractivity contribution is 5.68. The Morgan fingerprint density at radius 3 is 2.81 bits per heavy atom. The Bertz CT molecular complexity index is 379. The molecule has 2 heteroatoms. The van der Waals surface area contributed by atoms with Gasteiger partial charge in [-0.25, -0.2) is 0 Å². The number of nitrogens with zero attached hydrogens (tertiary/aromatic N) is 1. The van der Waals surface area contributed by atoms with Crippen LogP contribution in [0.2, 0.25) is 0 Å². The summed E-state index contributed by atoms with van der Waals surface area (Å²) in [6, 6.07) is 11.3. The summed E-state index contributed by atoms with van der Waals surface area (Å²) in [4.78, 5) is 2.52. The summed E-state index contributed by atoms with van der Waals surface area (Å²) in [6.07, 6.45) is 3.55. The first-order chi connectivity index (χ1) is 7.93. The SMILES string of the molecule is C1=C(c2ccccc2)CN([C@H]2CCOC2)C1. The summed E-state index contributed by atoms with van der Waals surface area (Å²) >= 11 is 0. The van der Waals surface area contributed by atoms with Crippen molar-refractivity contribution in [3.05, 3.63) is 42.0 Å². The highest BCUT2D eigenvalue weighted by Gasteiger charge is 2.26. The molecule has 0 amide bonds. The standard InChI is InChI=1S/C14H17NO/c1-2-4-12(5-3-1)13-6-8-15(10-13)14-7-9-16-11-14/h1-6,14H,7-11H2/t14-/m0/s1. The van der Waals surface area contributed by atoms with Crippen molar-refractivity contribution < 1.29 is 4.74 Å². The number of rotatable bonds is 2. The van der Waals surface area contributed by atoms with Crippen LogP contribution in [0.25, 0.3) is 5.57 Å². The van der Waals surface area contributed by atoms with Crippen LogP contribution in [-0.4, -0.2) is 37.2 Å². The van der Waals surface area contributed by atoms with Crippen molar-refractivity contribution in [1.29, 1.82) is 0 Å². The Hall–Kier alpha value is -1.12. The molecule has 0 aliphatic carbocycles.